The normalized spacial score (nSPS) is 14.8. The molecule has 0 saturated carbocycles. The Morgan fingerprint density at radius 2 is 1.78 bits per heavy atom. The molecule has 0 unspecified atom stereocenters. The number of nitrogens with one attached hydrogen (secondary N) is 1. The van der Waals surface area contributed by atoms with Crippen LogP contribution in [0.15, 0.2) is 59.5 Å². The van der Waals surface area contributed by atoms with Crippen molar-refractivity contribution in [3.05, 3.63) is 65.7 Å². The van der Waals surface area contributed by atoms with Crippen molar-refractivity contribution in [1.82, 2.24) is 14.5 Å². The molecular weight excluding hydrogens is 428 g/mol. The first-order chi connectivity index (χ1) is 15.5. The van der Waals surface area contributed by atoms with Gasteiger partial charge in [-0.05, 0) is 48.4 Å². The van der Waals surface area contributed by atoms with E-state index in [0.717, 1.165) is 11.3 Å². The van der Waals surface area contributed by atoms with Crippen LogP contribution in [0.25, 0.3) is 11.3 Å². The number of hydrogen-bond acceptors (Lipinski definition) is 7. The highest BCUT2D eigenvalue weighted by atomic mass is 32.2. The second-order valence-corrected chi connectivity index (χ2v) is 9.41. The van der Waals surface area contributed by atoms with E-state index < -0.39 is 10.0 Å². The zero-order chi connectivity index (χ0) is 22.6. The summed E-state index contributed by atoms with van der Waals surface area (Å²) in [7, 11) is -1.95. The first-order valence-corrected chi connectivity index (χ1v) is 11.8. The lowest BCUT2D eigenvalue weighted by molar-refractivity contribution is 0.0730. The lowest BCUT2D eigenvalue weighted by atomic mass is 10.1. The van der Waals surface area contributed by atoms with Gasteiger partial charge in [0, 0.05) is 25.2 Å². The van der Waals surface area contributed by atoms with Crippen molar-refractivity contribution in [1.29, 1.82) is 0 Å². The van der Waals surface area contributed by atoms with E-state index in [1.165, 1.54) is 4.31 Å². The van der Waals surface area contributed by atoms with E-state index >= 15 is 0 Å². The molecule has 0 radical (unpaired) electrons. The molecule has 0 amide bonds. The summed E-state index contributed by atoms with van der Waals surface area (Å²) in [6.45, 7) is 3.95. The molecule has 0 bridgehead atoms. The highest BCUT2D eigenvalue weighted by Gasteiger charge is 2.28. The van der Waals surface area contributed by atoms with Crippen molar-refractivity contribution < 1.29 is 17.9 Å². The summed E-state index contributed by atoms with van der Waals surface area (Å²) < 4.78 is 38.2. The average Bonchev–Trinajstić information content (AvgIpc) is 2.84. The summed E-state index contributed by atoms with van der Waals surface area (Å²) in [6.07, 6.45) is 0. The lowest BCUT2D eigenvalue weighted by Crippen LogP contribution is -2.40. The number of anilines is 1. The fraction of sp³-hybridized carbons (Fsp3) is 0.304. The fourth-order valence-corrected chi connectivity index (χ4v) is 5.14. The SMILES string of the molecule is COc1ccc(CNc2ccc(-c3ccc(C)c(S(=O)(=O)N4CCOCC4)c3)nn2)cc1. The summed E-state index contributed by atoms with van der Waals surface area (Å²) >= 11 is 0. The van der Waals surface area contributed by atoms with Crippen LogP contribution in [-0.2, 0) is 21.3 Å². The molecule has 1 aliphatic heterocycles. The Kier molecular flexibility index (Phi) is 6.69. The zero-order valence-electron chi connectivity index (χ0n) is 18.1. The Balaban J connectivity index is 1.49. The van der Waals surface area contributed by atoms with Gasteiger partial charge in [-0.25, -0.2) is 8.42 Å². The topological polar surface area (TPSA) is 93.7 Å². The first kappa shape index (κ1) is 22.2. The molecule has 168 valence electrons. The molecule has 4 rings (SSSR count). The van der Waals surface area contributed by atoms with Gasteiger partial charge in [0.15, 0.2) is 0 Å². The third-order valence-electron chi connectivity index (χ3n) is 5.37. The van der Waals surface area contributed by atoms with Gasteiger partial charge in [-0.15, -0.1) is 10.2 Å². The molecule has 2 aromatic carbocycles. The lowest BCUT2D eigenvalue weighted by Gasteiger charge is -2.26. The third kappa shape index (κ3) is 4.90. The highest BCUT2D eigenvalue weighted by Crippen LogP contribution is 2.27. The molecule has 0 atom stereocenters. The van der Waals surface area contributed by atoms with E-state index in [4.69, 9.17) is 9.47 Å². The number of aryl methyl sites for hydroxylation is 1. The van der Waals surface area contributed by atoms with E-state index in [1.54, 1.807) is 26.2 Å². The number of morpholine rings is 1. The van der Waals surface area contributed by atoms with Crippen LogP contribution in [0.4, 0.5) is 5.82 Å². The Hall–Kier alpha value is -3.01. The predicted molar refractivity (Wildman–Crippen MR) is 122 cm³/mol. The van der Waals surface area contributed by atoms with Crippen LogP contribution < -0.4 is 10.1 Å². The number of hydrogen-bond donors (Lipinski definition) is 1. The van der Waals surface area contributed by atoms with Crippen molar-refractivity contribution in [2.45, 2.75) is 18.4 Å². The van der Waals surface area contributed by atoms with Crippen molar-refractivity contribution in [2.24, 2.45) is 0 Å². The molecule has 0 spiro atoms. The van der Waals surface area contributed by atoms with Gasteiger partial charge in [-0.2, -0.15) is 4.31 Å². The molecule has 8 nitrogen and oxygen atoms in total. The smallest absolute Gasteiger partial charge is 0.243 e. The van der Waals surface area contributed by atoms with Crippen LogP contribution in [0.3, 0.4) is 0 Å². The molecule has 2 heterocycles. The molecule has 9 heteroatoms. The zero-order valence-corrected chi connectivity index (χ0v) is 18.9. The summed E-state index contributed by atoms with van der Waals surface area (Å²) in [6, 6.07) is 16.8. The monoisotopic (exact) mass is 454 g/mol. The van der Waals surface area contributed by atoms with Crippen LogP contribution in [0.5, 0.6) is 5.75 Å². The number of methoxy groups -OCH3 is 1. The van der Waals surface area contributed by atoms with Gasteiger partial charge in [-0.3, -0.25) is 0 Å². The number of rotatable bonds is 7. The Morgan fingerprint density at radius 3 is 2.44 bits per heavy atom. The van der Waals surface area contributed by atoms with Crippen molar-refractivity contribution in [3.63, 3.8) is 0 Å². The minimum Gasteiger partial charge on any atom is -0.497 e. The van der Waals surface area contributed by atoms with Crippen LogP contribution in [0.1, 0.15) is 11.1 Å². The molecule has 1 aromatic heterocycles. The van der Waals surface area contributed by atoms with E-state index in [-0.39, 0.29) is 0 Å². The molecule has 3 aromatic rings. The van der Waals surface area contributed by atoms with Gasteiger partial charge in [0.1, 0.15) is 11.6 Å². The average molecular weight is 455 g/mol. The highest BCUT2D eigenvalue weighted by molar-refractivity contribution is 7.89. The van der Waals surface area contributed by atoms with E-state index in [1.807, 2.05) is 42.5 Å². The summed E-state index contributed by atoms with van der Waals surface area (Å²) in [5, 5.41) is 11.8. The quantitative estimate of drug-likeness (QED) is 0.586. The van der Waals surface area contributed by atoms with Crippen LogP contribution in [0.2, 0.25) is 0 Å². The van der Waals surface area contributed by atoms with E-state index in [9.17, 15) is 8.42 Å². The maximum absolute atomic E-state index is 13.1. The van der Waals surface area contributed by atoms with E-state index in [2.05, 4.69) is 15.5 Å². The molecular formula is C23H26N4O4S. The number of benzene rings is 2. The molecule has 1 N–H and O–H groups in total. The number of sulfonamides is 1. The van der Waals surface area contributed by atoms with E-state index in [0.29, 0.717) is 60.4 Å². The van der Waals surface area contributed by atoms with Crippen molar-refractivity contribution >= 4 is 15.8 Å². The maximum Gasteiger partial charge on any atom is 0.243 e. The largest absolute Gasteiger partial charge is 0.497 e. The van der Waals surface area contributed by atoms with Gasteiger partial charge in [0.2, 0.25) is 10.0 Å². The molecule has 0 aliphatic carbocycles. The van der Waals surface area contributed by atoms with Crippen molar-refractivity contribution in [2.75, 3.05) is 38.7 Å². The van der Waals surface area contributed by atoms with Gasteiger partial charge in [-0.1, -0.05) is 24.3 Å². The third-order valence-corrected chi connectivity index (χ3v) is 7.41. The number of aromatic nitrogens is 2. The van der Waals surface area contributed by atoms with Crippen molar-refractivity contribution in [3.8, 4) is 17.0 Å². The second kappa shape index (κ2) is 9.64. The fourth-order valence-electron chi connectivity index (χ4n) is 3.48. The summed E-state index contributed by atoms with van der Waals surface area (Å²) in [5.41, 5.74) is 3.11. The maximum atomic E-state index is 13.1. The molecule has 32 heavy (non-hydrogen) atoms. The minimum absolute atomic E-state index is 0.292. The molecule has 1 fully saturated rings. The second-order valence-electron chi connectivity index (χ2n) is 7.50. The predicted octanol–water partition coefficient (Wildman–Crippen LogP) is 3.09. The summed E-state index contributed by atoms with van der Waals surface area (Å²) in [5.74, 6) is 1.45. The number of ether oxygens (including phenoxy) is 2. The summed E-state index contributed by atoms with van der Waals surface area (Å²) in [4.78, 5) is 0.292. The first-order valence-electron chi connectivity index (χ1n) is 10.4. The van der Waals surface area contributed by atoms with Gasteiger partial charge < -0.3 is 14.8 Å². The van der Waals surface area contributed by atoms with Gasteiger partial charge in [0.25, 0.3) is 0 Å². The van der Waals surface area contributed by atoms with Gasteiger partial charge >= 0.3 is 0 Å². The molecule has 1 saturated heterocycles. The standard InChI is InChI=1S/C23H26N4O4S/c1-17-3-6-19(15-22(17)32(28,29)27-11-13-31-14-12-27)21-9-10-23(26-25-21)24-16-18-4-7-20(30-2)8-5-18/h3-10,15H,11-14,16H2,1-2H3,(H,24,26). The molecule has 1 aliphatic rings. The minimum atomic E-state index is -3.59. The number of nitrogens with zero attached hydrogens (tertiary/aromatic N) is 3. The Morgan fingerprint density at radius 1 is 1.03 bits per heavy atom. The van der Waals surface area contributed by atoms with Crippen LogP contribution >= 0.6 is 0 Å². The Bertz CT molecular complexity index is 1160. The van der Waals surface area contributed by atoms with Crippen LogP contribution in [-0.4, -0.2) is 56.3 Å². The Labute approximate surface area is 188 Å². The van der Waals surface area contributed by atoms with Crippen LogP contribution in [0, 0.1) is 6.92 Å². The van der Waals surface area contributed by atoms with Gasteiger partial charge in [0.05, 0.1) is 30.9 Å².